The highest BCUT2D eigenvalue weighted by Crippen LogP contribution is 2.24. The van der Waals surface area contributed by atoms with Crippen molar-refractivity contribution in [1.82, 2.24) is 5.43 Å². The number of hydrazone groups is 1. The third kappa shape index (κ3) is 5.31. The molecule has 0 aliphatic carbocycles. The fraction of sp³-hybridized carbons (Fsp3) is 0.0476. The van der Waals surface area contributed by atoms with E-state index < -0.39 is 5.91 Å². The van der Waals surface area contributed by atoms with E-state index in [9.17, 15) is 9.18 Å². The van der Waals surface area contributed by atoms with Gasteiger partial charge in [0.15, 0.2) is 0 Å². The van der Waals surface area contributed by atoms with Crippen molar-refractivity contribution in [3.63, 3.8) is 0 Å². The van der Waals surface area contributed by atoms with Gasteiger partial charge < -0.3 is 4.74 Å². The third-order valence-corrected chi connectivity index (χ3v) is 4.35. The zero-order chi connectivity index (χ0) is 19.9. The Kier molecular flexibility index (Phi) is 6.63. The van der Waals surface area contributed by atoms with Gasteiger partial charge in [0.1, 0.15) is 18.2 Å². The second-order valence-corrected chi connectivity index (χ2v) is 6.62. The summed E-state index contributed by atoms with van der Waals surface area (Å²) >= 11 is 12.0. The smallest absolute Gasteiger partial charge is 0.275 e. The second-order valence-electron chi connectivity index (χ2n) is 5.77. The first-order chi connectivity index (χ1) is 13.5. The van der Waals surface area contributed by atoms with Crippen LogP contribution in [0.25, 0.3) is 0 Å². The number of carbonyl (C=O) groups is 1. The van der Waals surface area contributed by atoms with Crippen LogP contribution in [0.1, 0.15) is 21.5 Å². The van der Waals surface area contributed by atoms with E-state index in [1.807, 2.05) is 0 Å². The molecule has 0 aliphatic rings. The molecule has 0 radical (unpaired) electrons. The van der Waals surface area contributed by atoms with E-state index in [4.69, 9.17) is 27.9 Å². The Morgan fingerprint density at radius 3 is 2.68 bits per heavy atom. The molecule has 1 amide bonds. The molecule has 28 heavy (non-hydrogen) atoms. The van der Waals surface area contributed by atoms with Crippen LogP contribution >= 0.6 is 23.2 Å². The minimum atomic E-state index is -0.453. The molecule has 142 valence electrons. The number of hydrogen-bond donors (Lipinski definition) is 1. The molecule has 0 bridgehead atoms. The zero-order valence-electron chi connectivity index (χ0n) is 14.5. The van der Waals surface area contributed by atoms with Crippen LogP contribution in [0.15, 0.2) is 71.8 Å². The Bertz CT molecular complexity index is 1020. The summed E-state index contributed by atoms with van der Waals surface area (Å²) in [5.41, 5.74) is 3.99. The Balaban J connectivity index is 1.68. The number of rotatable bonds is 6. The van der Waals surface area contributed by atoms with Crippen LogP contribution in [0.2, 0.25) is 10.0 Å². The summed E-state index contributed by atoms with van der Waals surface area (Å²) in [6, 6.07) is 17.7. The van der Waals surface area contributed by atoms with E-state index in [1.165, 1.54) is 18.3 Å². The van der Waals surface area contributed by atoms with Crippen LogP contribution in [-0.2, 0) is 6.61 Å². The molecule has 7 heteroatoms. The maximum atomic E-state index is 13.2. The van der Waals surface area contributed by atoms with Crippen LogP contribution in [0, 0.1) is 5.82 Å². The third-order valence-electron chi connectivity index (χ3n) is 3.76. The summed E-state index contributed by atoms with van der Waals surface area (Å²) in [6.07, 6.45) is 1.36. The van der Waals surface area contributed by atoms with Gasteiger partial charge in [-0.05, 0) is 42.0 Å². The highest BCUT2D eigenvalue weighted by atomic mass is 35.5. The van der Waals surface area contributed by atoms with Crippen LogP contribution in [0.5, 0.6) is 5.75 Å². The Hall–Kier alpha value is -2.89. The average Bonchev–Trinajstić information content (AvgIpc) is 2.67. The minimum absolute atomic E-state index is 0.173. The Morgan fingerprint density at radius 2 is 1.89 bits per heavy atom. The number of hydrogen-bond acceptors (Lipinski definition) is 3. The van der Waals surface area contributed by atoms with Gasteiger partial charge >= 0.3 is 0 Å². The van der Waals surface area contributed by atoms with Gasteiger partial charge in [-0.1, -0.05) is 53.5 Å². The fourth-order valence-electron chi connectivity index (χ4n) is 2.39. The lowest BCUT2D eigenvalue weighted by atomic mass is 10.2. The lowest BCUT2D eigenvalue weighted by molar-refractivity contribution is 0.0950. The summed E-state index contributed by atoms with van der Waals surface area (Å²) in [7, 11) is 0. The lowest BCUT2D eigenvalue weighted by Crippen LogP contribution is -2.18. The molecule has 0 saturated carbocycles. The Morgan fingerprint density at radius 1 is 1.07 bits per heavy atom. The predicted molar refractivity (Wildman–Crippen MR) is 109 cm³/mol. The number of nitrogens with zero attached hydrogens (tertiary/aromatic N) is 1. The molecule has 4 nitrogen and oxygen atoms in total. The summed E-state index contributed by atoms with van der Waals surface area (Å²) in [5, 5.41) is 4.87. The molecule has 3 aromatic carbocycles. The van der Waals surface area contributed by atoms with Gasteiger partial charge in [0.2, 0.25) is 0 Å². The standard InChI is InChI=1S/C21H15Cl2FN2O2/c22-16-9-8-15(19(23)11-16)13-28-20-7-2-1-6-18(20)21(27)26-25-12-14-4-3-5-17(24)10-14/h1-12H,13H2,(H,26,27)/b25-12+. The summed E-state index contributed by atoms with van der Waals surface area (Å²) in [5.74, 6) is -0.452. The largest absolute Gasteiger partial charge is 0.488 e. The van der Waals surface area contributed by atoms with Gasteiger partial charge in [-0.2, -0.15) is 5.10 Å². The van der Waals surface area contributed by atoms with E-state index in [1.54, 1.807) is 54.6 Å². The molecule has 0 aromatic heterocycles. The number of ether oxygens (including phenoxy) is 1. The van der Waals surface area contributed by atoms with Crippen molar-refractivity contribution < 1.29 is 13.9 Å². The molecular formula is C21H15Cl2FN2O2. The second kappa shape index (κ2) is 9.35. The van der Waals surface area contributed by atoms with Crippen molar-refractivity contribution in [3.8, 4) is 5.75 Å². The molecular weight excluding hydrogens is 402 g/mol. The Labute approximate surface area is 171 Å². The summed E-state index contributed by atoms with van der Waals surface area (Å²) < 4.78 is 18.9. The molecule has 1 N–H and O–H groups in total. The topological polar surface area (TPSA) is 50.7 Å². The van der Waals surface area contributed by atoms with Gasteiger partial charge in [0.25, 0.3) is 5.91 Å². The van der Waals surface area contributed by atoms with E-state index in [0.29, 0.717) is 26.9 Å². The van der Waals surface area contributed by atoms with Gasteiger partial charge in [0, 0.05) is 15.6 Å². The number of amides is 1. The number of nitrogens with one attached hydrogen (secondary N) is 1. The monoisotopic (exact) mass is 416 g/mol. The van der Waals surface area contributed by atoms with Crippen molar-refractivity contribution in [3.05, 3.63) is 99.3 Å². The lowest BCUT2D eigenvalue weighted by Gasteiger charge is -2.11. The summed E-state index contributed by atoms with van der Waals surface area (Å²) in [4.78, 5) is 12.4. The van der Waals surface area contributed by atoms with Crippen molar-refractivity contribution >= 4 is 35.3 Å². The molecule has 3 rings (SSSR count). The normalized spacial score (nSPS) is 10.8. The molecule has 0 unspecified atom stereocenters. The number of benzene rings is 3. The number of carbonyl (C=O) groups excluding carboxylic acids is 1. The van der Waals surface area contributed by atoms with Crippen molar-refractivity contribution in [1.29, 1.82) is 0 Å². The molecule has 3 aromatic rings. The van der Waals surface area contributed by atoms with Crippen molar-refractivity contribution in [2.45, 2.75) is 6.61 Å². The zero-order valence-corrected chi connectivity index (χ0v) is 16.0. The first-order valence-electron chi connectivity index (χ1n) is 8.27. The van der Waals surface area contributed by atoms with Gasteiger partial charge in [-0.15, -0.1) is 0 Å². The highest BCUT2D eigenvalue weighted by molar-refractivity contribution is 6.35. The van der Waals surface area contributed by atoms with Crippen LogP contribution < -0.4 is 10.2 Å². The predicted octanol–water partition coefficient (Wildman–Crippen LogP) is 5.48. The van der Waals surface area contributed by atoms with Gasteiger partial charge in [-0.3, -0.25) is 4.79 Å². The fourth-order valence-corrected chi connectivity index (χ4v) is 2.85. The quantitative estimate of drug-likeness (QED) is 0.427. The van der Waals surface area contributed by atoms with Gasteiger partial charge in [-0.25, -0.2) is 9.82 Å². The number of halogens is 3. The van der Waals surface area contributed by atoms with E-state index in [2.05, 4.69) is 10.5 Å². The van der Waals surface area contributed by atoms with Crippen molar-refractivity contribution in [2.24, 2.45) is 5.10 Å². The average molecular weight is 417 g/mol. The first-order valence-corrected chi connectivity index (χ1v) is 9.03. The first kappa shape index (κ1) is 19.9. The van der Waals surface area contributed by atoms with Crippen molar-refractivity contribution in [2.75, 3.05) is 0 Å². The maximum absolute atomic E-state index is 13.2. The van der Waals surface area contributed by atoms with Gasteiger partial charge in [0.05, 0.1) is 11.8 Å². The molecule has 0 spiro atoms. The molecule has 0 fully saturated rings. The highest BCUT2D eigenvalue weighted by Gasteiger charge is 2.12. The molecule has 0 heterocycles. The van der Waals surface area contributed by atoms with E-state index in [-0.39, 0.29) is 12.4 Å². The van der Waals surface area contributed by atoms with E-state index in [0.717, 1.165) is 5.56 Å². The van der Waals surface area contributed by atoms with Crippen LogP contribution in [0.4, 0.5) is 4.39 Å². The van der Waals surface area contributed by atoms with E-state index >= 15 is 0 Å². The van der Waals surface area contributed by atoms with Crippen LogP contribution in [0.3, 0.4) is 0 Å². The maximum Gasteiger partial charge on any atom is 0.275 e. The SMILES string of the molecule is O=C(N/N=C/c1cccc(F)c1)c1ccccc1OCc1ccc(Cl)cc1Cl. The summed E-state index contributed by atoms with van der Waals surface area (Å²) in [6.45, 7) is 0.173. The minimum Gasteiger partial charge on any atom is -0.488 e. The molecule has 0 atom stereocenters. The molecule has 0 aliphatic heterocycles. The van der Waals surface area contributed by atoms with Crippen LogP contribution in [-0.4, -0.2) is 12.1 Å². The molecule has 0 saturated heterocycles. The number of para-hydroxylation sites is 1.